The molecule has 1 aliphatic rings. The standard InChI is InChI=1S/C10H16N2O4S/c1-11-6-9-2-3-10(16-9)17(14,15)12-7-4-8(13)5-7/h2-3,7-8,11-13H,4-6H2,1H3. The third-order valence-corrected chi connectivity index (χ3v) is 4.08. The van der Waals surface area contributed by atoms with Crippen molar-refractivity contribution in [2.45, 2.75) is 36.6 Å². The lowest BCUT2D eigenvalue weighted by Gasteiger charge is -2.31. The molecule has 6 nitrogen and oxygen atoms in total. The van der Waals surface area contributed by atoms with Crippen LogP contribution in [-0.2, 0) is 16.6 Å². The smallest absolute Gasteiger partial charge is 0.274 e. The normalized spacial score (nSPS) is 24.6. The molecule has 0 saturated heterocycles. The summed E-state index contributed by atoms with van der Waals surface area (Å²) in [4.78, 5) is 0. The number of hydrogen-bond acceptors (Lipinski definition) is 5. The van der Waals surface area contributed by atoms with Crippen molar-refractivity contribution < 1.29 is 17.9 Å². The Morgan fingerprint density at radius 2 is 2.18 bits per heavy atom. The Labute approximate surface area is 100 Å². The largest absolute Gasteiger partial charge is 0.447 e. The lowest BCUT2D eigenvalue weighted by atomic mass is 9.91. The van der Waals surface area contributed by atoms with Gasteiger partial charge < -0.3 is 14.8 Å². The highest BCUT2D eigenvalue weighted by atomic mass is 32.2. The predicted octanol–water partition coefficient (Wildman–Crippen LogP) is -0.199. The average molecular weight is 260 g/mol. The average Bonchev–Trinajstić information content (AvgIpc) is 2.65. The first-order valence-corrected chi connectivity index (χ1v) is 6.93. The third kappa shape index (κ3) is 2.86. The summed E-state index contributed by atoms with van der Waals surface area (Å²) in [6, 6.07) is 2.87. The van der Waals surface area contributed by atoms with Crippen molar-refractivity contribution in [3.8, 4) is 0 Å². The monoisotopic (exact) mass is 260 g/mol. The van der Waals surface area contributed by atoms with Crippen LogP contribution in [0.4, 0.5) is 0 Å². The summed E-state index contributed by atoms with van der Waals surface area (Å²) < 4.78 is 31.4. The molecule has 0 spiro atoms. The molecule has 1 heterocycles. The summed E-state index contributed by atoms with van der Waals surface area (Å²) >= 11 is 0. The first-order valence-electron chi connectivity index (χ1n) is 5.45. The summed E-state index contributed by atoms with van der Waals surface area (Å²) in [5.41, 5.74) is 0. The lowest BCUT2D eigenvalue weighted by Crippen LogP contribution is -2.46. The molecule has 3 N–H and O–H groups in total. The van der Waals surface area contributed by atoms with Crippen molar-refractivity contribution in [2.24, 2.45) is 0 Å². The van der Waals surface area contributed by atoms with Crippen LogP contribution >= 0.6 is 0 Å². The molecule has 1 aromatic rings. The van der Waals surface area contributed by atoms with Crippen LogP contribution in [0.1, 0.15) is 18.6 Å². The summed E-state index contributed by atoms with van der Waals surface area (Å²) in [5.74, 6) is 0.571. The van der Waals surface area contributed by atoms with E-state index in [0.29, 0.717) is 25.1 Å². The van der Waals surface area contributed by atoms with Crippen LogP contribution in [-0.4, -0.2) is 32.7 Å². The quantitative estimate of drug-likeness (QED) is 0.682. The molecule has 0 bridgehead atoms. The maximum atomic E-state index is 11.9. The van der Waals surface area contributed by atoms with Crippen LogP contribution in [0.5, 0.6) is 0 Å². The lowest BCUT2D eigenvalue weighted by molar-refractivity contribution is 0.0710. The highest BCUT2D eigenvalue weighted by Gasteiger charge is 2.32. The number of rotatable bonds is 5. The van der Waals surface area contributed by atoms with Gasteiger partial charge in [0, 0.05) is 6.04 Å². The molecule has 0 unspecified atom stereocenters. The van der Waals surface area contributed by atoms with E-state index in [4.69, 9.17) is 9.52 Å². The number of aliphatic hydroxyl groups is 1. The Balaban J connectivity index is 2.03. The van der Waals surface area contributed by atoms with E-state index in [9.17, 15) is 8.42 Å². The zero-order valence-corrected chi connectivity index (χ0v) is 10.3. The van der Waals surface area contributed by atoms with Crippen molar-refractivity contribution >= 4 is 10.0 Å². The van der Waals surface area contributed by atoms with Crippen LogP contribution in [0.25, 0.3) is 0 Å². The molecular weight excluding hydrogens is 244 g/mol. The number of nitrogens with one attached hydrogen (secondary N) is 2. The fourth-order valence-corrected chi connectivity index (χ4v) is 2.94. The molecule has 1 aliphatic carbocycles. The van der Waals surface area contributed by atoms with Crippen molar-refractivity contribution in [3.05, 3.63) is 17.9 Å². The number of furan rings is 1. The van der Waals surface area contributed by atoms with E-state index in [0.717, 1.165) is 0 Å². The molecule has 0 radical (unpaired) electrons. The molecule has 1 fully saturated rings. The molecule has 1 saturated carbocycles. The van der Waals surface area contributed by atoms with Gasteiger partial charge in [-0.25, -0.2) is 13.1 Å². The highest BCUT2D eigenvalue weighted by Crippen LogP contribution is 2.22. The minimum atomic E-state index is -3.60. The van der Waals surface area contributed by atoms with E-state index in [1.165, 1.54) is 6.07 Å². The summed E-state index contributed by atoms with van der Waals surface area (Å²) in [6.45, 7) is 0.484. The maximum Gasteiger partial charge on any atom is 0.274 e. The van der Waals surface area contributed by atoms with Crippen molar-refractivity contribution in [1.29, 1.82) is 0 Å². The molecule has 0 atom stereocenters. The van der Waals surface area contributed by atoms with Gasteiger partial charge in [0.15, 0.2) is 0 Å². The van der Waals surface area contributed by atoms with E-state index < -0.39 is 10.0 Å². The first-order chi connectivity index (χ1) is 8.01. The van der Waals surface area contributed by atoms with E-state index in [-0.39, 0.29) is 17.2 Å². The topological polar surface area (TPSA) is 91.6 Å². The predicted molar refractivity (Wildman–Crippen MR) is 60.8 cm³/mol. The molecule has 1 aromatic heterocycles. The van der Waals surface area contributed by atoms with Crippen molar-refractivity contribution in [1.82, 2.24) is 10.0 Å². The highest BCUT2D eigenvalue weighted by molar-refractivity contribution is 7.89. The molecule has 7 heteroatoms. The van der Waals surface area contributed by atoms with E-state index in [1.807, 2.05) is 0 Å². The molecule has 0 aromatic carbocycles. The second-order valence-corrected chi connectivity index (χ2v) is 5.84. The zero-order chi connectivity index (χ0) is 12.5. The molecule has 2 rings (SSSR count). The van der Waals surface area contributed by atoms with Crippen LogP contribution in [0.2, 0.25) is 0 Å². The van der Waals surface area contributed by atoms with Gasteiger partial charge in [-0.15, -0.1) is 0 Å². The summed E-state index contributed by atoms with van der Waals surface area (Å²) in [5, 5.41) is 11.9. The third-order valence-electron chi connectivity index (χ3n) is 2.69. The Hall–Kier alpha value is -0.890. The summed E-state index contributed by atoms with van der Waals surface area (Å²) in [7, 11) is -1.84. The first kappa shape index (κ1) is 12.6. The SMILES string of the molecule is CNCc1ccc(S(=O)(=O)NC2CC(O)C2)o1. The van der Waals surface area contributed by atoms with Gasteiger partial charge in [-0.1, -0.05) is 0 Å². The molecule has 17 heavy (non-hydrogen) atoms. The van der Waals surface area contributed by atoms with Gasteiger partial charge in [0.2, 0.25) is 5.09 Å². The van der Waals surface area contributed by atoms with Crippen LogP contribution in [0.15, 0.2) is 21.6 Å². The number of aliphatic hydroxyl groups excluding tert-OH is 1. The minimum absolute atomic E-state index is 0.0795. The van der Waals surface area contributed by atoms with Gasteiger partial charge in [-0.3, -0.25) is 0 Å². The summed E-state index contributed by atoms with van der Waals surface area (Å²) in [6.07, 6.45) is 0.534. The Morgan fingerprint density at radius 3 is 2.76 bits per heavy atom. The van der Waals surface area contributed by atoms with Crippen molar-refractivity contribution in [2.75, 3.05) is 7.05 Å². The van der Waals surface area contributed by atoms with Gasteiger partial charge in [0.05, 0.1) is 12.6 Å². The van der Waals surface area contributed by atoms with Crippen LogP contribution in [0, 0.1) is 0 Å². The maximum absolute atomic E-state index is 11.9. The van der Waals surface area contributed by atoms with Crippen LogP contribution in [0.3, 0.4) is 0 Å². The fraction of sp³-hybridized carbons (Fsp3) is 0.600. The molecule has 0 amide bonds. The van der Waals surface area contributed by atoms with E-state index in [2.05, 4.69) is 10.0 Å². The minimum Gasteiger partial charge on any atom is -0.447 e. The Kier molecular flexibility index (Phi) is 3.53. The van der Waals surface area contributed by atoms with E-state index >= 15 is 0 Å². The van der Waals surface area contributed by atoms with Gasteiger partial charge in [0.1, 0.15) is 5.76 Å². The molecule has 96 valence electrons. The zero-order valence-electron chi connectivity index (χ0n) is 9.51. The van der Waals surface area contributed by atoms with Gasteiger partial charge in [-0.2, -0.15) is 0 Å². The number of hydrogen-bond donors (Lipinski definition) is 3. The van der Waals surface area contributed by atoms with E-state index in [1.54, 1.807) is 13.1 Å². The van der Waals surface area contributed by atoms with Gasteiger partial charge in [0.25, 0.3) is 10.0 Å². The second-order valence-electron chi connectivity index (χ2n) is 4.19. The molecular formula is C10H16N2O4S. The Bertz CT molecular complexity index is 476. The van der Waals surface area contributed by atoms with Crippen LogP contribution < -0.4 is 10.0 Å². The second kappa shape index (κ2) is 4.77. The number of sulfonamides is 1. The van der Waals surface area contributed by atoms with Gasteiger partial charge in [-0.05, 0) is 32.0 Å². The van der Waals surface area contributed by atoms with Crippen molar-refractivity contribution in [3.63, 3.8) is 0 Å². The molecule has 0 aliphatic heterocycles. The Morgan fingerprint density at radius 1 is 1.47 bits per heavy atom. The fourth-order valence-electron chi connectivity index (χ4n) is 1.73. The van der Waals surface area contributed by atoms with Gasteiger partial charge >= 0.3 is 0 Å².